The Morgan fingerprint density at radius 1 is 0.412 bits per heavy atom. The minimum absolute atomic E-state index is 1.09. The van der Waals surface area contributed by atoms with Crippen LogP contribution in [-0.2, 0) is 0 Å². The Hall–Kier alpha value is -1.36. The van der Waals surface area contributed by atoms with E-state index in [0.29, 0.717) is 0 Å². The van der Waals surface area contributed by atoms with E-state index in [1.165, 1.54) is 69.3 Å². The maximum atomic E-state index is 4.49. The fourth-order valence-electron chi connectivity index (χ4n) is 4.49. The van der Waals surface area contributed by atoms with Crippen LogP contribution >= 0.6 is 93.3 Å². The highest BCUT2D eigenvalue weighted by Crippen LogP contribution is 2.48. The standard InChI is InChI=1S/C26H12S8/c27-23-9-21-19(31-23)7-15(29-21)11-1-3-13-17(5-11)33-26-14-4-2-12(6-18(14)34-25(13)26)16-8-20-22(30-16)10-24(28)32-20/h1-10,27-28H. The highest BCUT2D eigenvalue weighted by atomic mass is 32.2. The van der Waals surface area contributed by atoms with Crippen molar-refractivity contribution in [3.8, 4) is 20.9 Å². The molecular formula is C26H12S8. The Morgan fingerprint density at radius 3 is 1.29 bits per heavy atom. The van der Waals surface area contributed by atoms with Gasteiger partial charge >= 0.3 is 0 Å². The second kappa shape index (κ2) is 7.57. The molecule has 0 unspecified atom stereocenters. The summed E-state index contributed by atoms with van der Waals surface area (Å²) in [6.45, 7) is 0. The van der Waals surface area contributed by atoms with Gasteiger partial charge in [-0.05, 0) is 47.5 Å². The molecule has 0 aliphatic rings. The van der Waals surface area contributed by atoms with Gasteiger partial charge in [0.1, 0.15) is 0 Å². The minimum atomic E-state index is 1.09. The summed E-state index contributed by atoms with van der Waals surface area (Å²) in [5.74, 6) is 0. The normalized spacial score (nSPS) is 12.4. The van der Waals surface area contributed by atoms with E-state index in [2.05, 4.69) is 85.9 Å². The molecule has 0 saturated carbocycles. The molecule has 34 heavy (non-hydrogen) atoms. The summed E-state index contributed by atoms with van der Waals surface area (Å²) in [5, 5.41) is 2.75. The van der Waals surface area contributed by atoms with Gasteiger partial charge in [-0.15, -0.1) is 93.3 Å². The highest BCUT2D eigenvalue weighted by Gasteiger charge is 2.15. The number of thiol groups is 2. The maximum Gasteiger partial charge on any atom is 0.0589 e. The summed E-state index contributed by atoms with van der Waals surface area (Å²) in [6, 6.07) is 22.9. The first-order valence-corrected chi connectivity index (χ1v) is 16.2. The summed E-state index contributed by atoms with van der Waals surface area (Å²) >= 11 is 20.1. The predicted octanol–water partition coefficient (Wildman–Crippen LogP) is 11.7. The largest absolute Gasteiger partial charge is 0.134 e. The van der Waals surface area contributed by atoms with E-state index < -0.39 is 0 Å². The zero-order valence-corrected chi connectivity index (χ0v) is 23.8. The van der Waals surface area contributed by atoms with Gasteiger partial charge in [-0.2, -0.15) is 0 Å². The summed E-state index contributed by atoms with van der Waals surface area (Å²) in [5.41, 5.74) is 2.62. The van der Waals surface area contributed by atoms with Crippen LogP contribution in [-0.4, -0.2) is 0 Å². The van der Waals surface area contributed by atoms with E-state index in [-0.39, 0.29) is 0 Å². The third-order valence-corrected chi connectivity index (χ3v) is 13.6. The van der Waals surface area contributed by atoms with Gasteiger partial charge in [-0.25, -0.2) is 0 Å². The van der Waals surface area contributed by atoms with Gasteiger partial charge in [0, 0.05) is 48.7 Å². The first-order chi connectivity index (χ1) is 16.6. The smallest absolute Gasteiger partial charge is 0.0589 e. The van der Waals surface area contributed by atoms with E-state index in [9.17, 15) is 0 Å². The van der Waals surface area contributed by atoms with Crippen molar-refractivity contribution in [2.24, 2.45) is 0 Å². The molecule has 0 spiro atoms. The van der Waals surface area contributed by atoms with Gasteiger partial charge in [0.2, 0.25) is 0 Å². The van der Waals surface area contributed by atoms with Crippen molar-refractivity contribution in [3.05, 3.63) is 60.7 Å². The number of rotatable bonds is 2. The zero-order chi connectivity index (χ0) is 22.6. The van der Waals surface area contributed by atoms with Gasteiger partial charge in [0.05, 0.1) is 17.8 Å². The van der Waals surface area contributed by atoms with Crippen LogP contribution in [0.2, 0.25) is 0 Å². The van der Waals surface area contributed by atoms with Gasteiger partial charge in [-0.3, -0.25) is 0 Å². The second-order valence-corrected chi connectivity index (χ2v) is 16.1. The Morgan fingerprint density at radius 2 is 0.853 bits per heavy atom. The lowest BCUT2D eigenvalue weighted by Crippen LogP contribution is -1.71. The molecular weight excluding hydrogens is 569 g/mol. The number of hydrogen-bond donors (Lipinski definition) is 2. The average Bonchev–Trinajstić information content (AvgIpc) is 3.61. The van der Waals surface area contributed by atoms with Crippen molar-refractivity contribution in [1.82, 2.24) is 0 Å². The molecule has 0 aliphatic heterocycles. The fraction of sp³-hybridized carbons (Fsp3) is 0. The van der Waals surface area contributed by atoms with Crippen LogP contribution < -0.4 is 0 Å². The van der Waals surface area contributed by atoms with Gasteiger partial charge in [0.15, 0.2) is 0 Å². The molecule has 8 rings (SSSR count). The molecule has 0 atom stereocenters. The Bertz CT molecular complexity index is 1840. The van der Waals surface area contributed by atoms with Gasteiger partial charge < -0.3 is 0 Å². The monoisotopic (exact) mass is 580 g/mol. The number of benzene rings is 2. The van der Waals surface area contributed by atoms with Crippen molar-refractivity contribution in [1.29, 1.82) is 0 Å². The Labute approximate surface area is 229 Å². The molecule has 8 aromatic rings. The minimum Gasteiger partial charge on any atom is -0.134 e. The van der Waals surface area contributed by atoms with E-state index in [0.717, 1.165) is 8.42 Å². The third-order valence-electron chi connectivity index (χ3n) is 6.04. The summed E-state index contributed by atoms with van der Waals surface area (Å²) in [7, 11) is 0. The molecule has 0 fully saturated rings. The number of hydrogen-bond acceptors (Lipinski definition) is 8. The topological polar surface area (TPSA) is 0 Å². The van der Waals surface area contributed by atoms with E-state index >= 15 is 0 Å². The molecule has 0 saturated heterocycles. The van der Waals surface area contributed by atoms with Crippen molar-refractivity contribution in [3.63, 3.8) is 0 Å². The van der Waals surface area contributed by atoms with Crippen LogP contribution in [0.5, 0.6) is 0 Å². The SMILES string of the molecule is Sc1cc2sc(-c3ccc4c(c3)sc3c5ccc(-c6cc7sc(S)cc7s6)cc5sc43)cc2s1. The van der Waals surface area contributed by atoms with Crippen molar-refractivity contribution in [2.45, 2.75) is 8.42 Å². The summed E-state index contributed by atoms with van der Waals surface area (Å²) in [4.78, 5) is 2.67. The first-order valence-electron chi connectivity index (χ1n) is 10.4. The molecule has 6 aromatic heterocycles. The van der Waals surface area contributed by atoms with Crippen LogP contribution in [0.15, 0.2) is 69.1 Å². The van der Waals surface area contributed by atoms with Gasteiger partial charge in [-0.1, -0.05) is 24.3 Å². The lowest BCUT2D eigenvalue weighted by Gasteiger charge is -1.99. The molecule has 0 bridgehead atoms. The molecule has 2 aromatic carbocycles. The molecule has 0 amide bonds. The second-order valence-electron chi connectivity index (χ2n) is 8.13. The van der Waals surface area contributed by atoms with Crippen LogP contribution in [0.1, 0.15) is 0 Å². The van der Waals surface area contributed by atoms with Crippen LogP contribution in [0.4, 0.5) is 0 Å². The Kier molecular flexibility index (Phi) is 4.63. The van der Waals surface area contributed by atoms with E-state index in [1.807, 2.05) is 45.3 Å². The molecule has 0 radical (unpaired) electrons. The van der Waals surface area contributed by atoms with Crippen LogP contribution in [0.3, 0.4) is 0 Å². The molecule has 164 valence electrons. The first kappa shape index (κ1) is 20.8. The lowest BCUT2D eigenvalue weighted by molar-refractivity contribution is 1.82. The fourth-order valence-corrected chi connectivity index (χ4v) is 12.5. The van der Waals surface area contributed by atoms with Crippen LogP contribution in [0.25, 0.3) is 69.3 Å². The van der Waals surface area contributed by atoms with E-state index in [4.69, 9.17) is 0 Å². The zero-order valence-electron chi connectivity index (χ0n) is 17.1. The Balaban J connectivity index is 1.24. The predicted molar refractivity (Wildman–Crippen MR) is 167 cm³/mol. The maximum absolute atomic E-state index is 4.49. The molecule has 0 aliphatic carbocycles. The molecule has 0 nitrogen and oxygen atoms in total. The van der Waals surface area contributed by atoms with Gasteiger partial charge in [0.25, 0.3) is 0 Å². The lowest BCUT2D eigenvalue weighted by atomic mass is 10.1. The molecule has 0 N–H and O–H groups in total. The quantitative estimate of drug-likeness (QED) is 0.187. The average molecular weight is 581 g/mol. The summed E-state index contributed by atoms with van der Waals surface area (Å²) in [6.07, 6.45) is 0. The highest BCUT2D eigenvalue weighted by molar-refractivity contribution is 7.83. The van der Waals surface area contributed by atoms with Crippen molar-refractivity contribution < 1.29 is 0 Å². The molecule has 6 heterocycles. The number of thiophene rings is 6. The van der Waals surface area contributed by atoms with Crippen molar-refractivity contribution in [2.75, 3.05) is 0 Å². The summed E-state index contributed by atoms with van der Waals surface area (Å²) < 4.78 is 13.1. The molecule has 8 heteroatoms. The van der Waals surface area contributed by atoms with E-state index in [1.54, 1.807) is 22.7 Å². The van der Waals surface area contributed by atoms with Crippen LogP contribution in [0, 0.1) is 0 Å². The van der Waals surface area contributed by atoms with Crippen molar-refractivity contribution >= 4 is 142 Å². The third kappa shape index (κ3) is 3.14. The number of fused-ring (bicyclic) bond motifs is 7.